The van der Waals surface area contributed by atoms with E-state index in [0.717, 1.165) is 29.0 Å². The molecular formula is C16H15N3O3S. The molecule has 0 radical (unpaired) electrons. The number of carbonyl (C=O) groups is 1. The predicted octanol–water partition coefficient (Wildman–Crippen LogP) is 2.00. The predicted molar refractivity (Wildman–Crippen MR) is 88.1 cm³/mol. The molecule has 118 valence electrons. The van der Waals surface area contributed by atoms with Gasteiger partial charge in [0, 0.05) is 22.6 Å². The van der Waals surface area contributed by atoms with Gasteiger partial charge in [0.2, 0.25) is 0 Å². The lowest BCUT2D eigenvalue weighted by molar-refractivity contribution is -0.116. The highest BCUT2D eigenvalue weighted by Gasteiger charge is 2.38. The number of carbonyl (C=O) groups excluding carboxylic acids is 1. The van der Waals surface area contributed by atoms with Gasteiger partial charge in [0.1, 0.15) is 5.82 Å². The van der Waals surface area contributed by atoms with Gasteiger partial charge in [-0.3, -0.25) is 19.6 Å². The van der Waals surface area contributed by atoms with Gasteiger partial charge in [-0.05, 0) is 36.8 Å². The quantitative estimate of drug-likeness (QED) is 0.746. The van der Waals surface area contributed by atoms with Crippen molar-refractivity contribution in [1.29, 1.82) is 0 Å². The second-order valence-electron chi connectivity index (χ2n) is 5.89. The number of fused-ring (bicyclic) bond motifs is 1. The molecule has 1 atom stereocenters. The van der Waals surface area contributed by atoms with Crippen LogP contribution in [0, 0.1) is 6.92 Å². The van der Waals surface area contributed by atoms with Crippen molar-refractivity contribution < 1.29 is 4.79 Å². The zero-order valence-corrected chi connectivity index (χ0v) is 13.3. The highest BCUT2D eigenvalue weighted by Crippen LogP contribution is 2.45. The van der Waals surface area contributed by atoms with E-state index in [1.807, 2.05) is 18.4 Å². The van der Waals surface area contributed by atoms with Gasteiger partial charge in [0.25, 0.3) is 5.56 Å². The molecule has 1 aliphatic carbocycles. The van der Waals surface area contributed by atoms with Gasteiger partial charge in [-0.25, -0.2) is 4.79 Å². The number of aromatic amines is 2. The summed E-state index contributed by atoms with van der Waals surface area (Å²) in [7, 11) is 0. The molecule has 2 aromatic heterocycles. The molecule has 3 heterocycles. The van der Waals surface area contributed by atoms with Gasteiger partial charge in [0.05, 0.1) is 11.5 Å². The summed E-state index contributed by atoms with van der Waals surface area (Å²) < 4.78 is 0. The Morgan fingerprint density at radius 3 is 2.74 bits per heavy atom. The van der Waals surface area contributed by atoms with E-state index in [-0.39, 0.29) is 5.78 Å². The van der Waals surface area contributed by atoms with Crippen molar-refractivity contribution in [2.24, 2.45) is 0 Å². The number of rotatable bonds is 1. The number of ketones is 1. The Morgan fingerprint density at radius 1 is 1.17 bits per heavy atom. The Kier molecular flexibility index (Phi) is 3.12. The van der Waals surface area contributed by atoms with Crippen molar-refractivity contribution in [2.75, 3.05) is 5.32 Å². The average Bonchev–Trinajstić information content (AvgIpc) is 2.91. The number of aryl methyl sites for hydroxylation is 1. The van der Waals surface area contributed by atoms with Crippen LogP contribution in [0.5, 0.6) is 0 Å². The van der Waals surface area contributed by atoms with E-state index in [4.69, 9.17) is 0 Å². The lowest BCUT2D eigenvalue weighted by Gasteiger charge is -2.32. The molecule has 0 saturated carbocycles. The monoisotopic (exact) mass is 329 g/mol. The summed E-state index contributed by atoms with van der Waals surface area (Å²) in [6.45, 7) is 1.97. The molecule has 3 N–H and O–H groups in total. The van der Waals surface area contributed by atoms with Gasteiger partial charge in [-0.2, -0.15) is 0 Å². The number of thiophene rings is 1. The Bertz CT molecular complexity index is 963. The van der Waals surface area contributed by atoms with E-state index in [2.05, 4.69) is 15.3 Å². The standard InChI is InChI=1S/C16H15N3O3S/c1-7-5-6-23-13(7)11-10-8(3-2-4-9(10)20)17-14-12(11)15(21)19-16(22)18-14/h5-6,11H,2-4H2,1H3,(H3,17,18,19,21,22). The van der Waals surface area contributed by atoms with Crippen LogP contribution in [0.4, 0.5) is 5.82 Å². The van der Waals surface area contributed by atoms with Crippen molar-refractivity contribution >= 4 is 22.9 Å². The summed E-state index contributed by atoms with van der Waals surface area (Å²) in [5.41, 5.74) is 1.97. The fourth-order valence-electron chi connectivity index (χ4n) is 3.44. The van der Waals surface area contributed by atoms with Crippen LogP contribution >= 0.6 is 11.3 Å². The summed E-state index contributed by atoms with van der Waals surface area (Å²) in [5.74, 6) is 0.0763. The molecule has 4 rings (SSSR count). The fourth-order valence-corrected chi connectivity index (χ4v) is 4.48. The third-order valence-electron chi connectivity index (χ3n) is 4.45. The summed E-state index contributed by atoms with van der Waals surface area (Å²) in [5, 5.41) is 5.07. The number of Topliss-reactive ketones (excluding diaryl/α,β-unsaturated/α-hetero) is 1. The lowest BCUT2D eigenvalue weighted by atomic mass is 9.78. The fraction of sp³-hybridized carbons (Fsp3) is 0.312. The minimum absolute atomic E-state index is 0.0767. The third-order valence-corrected chi connectivity index (χ3v) is 5.54. The summed E-state index contributed by atoms with van der Waals surface area (Å²) in [4.78, 5) is 42.5. The van der Waals surface area contributed by atoms with Crippen LogP contribution in [0.2, 0.25) is 0 Å². The third kappa shape index (κ3) is 2.11. The maximum atomic E-state index is 12.6. The molecule has 6 nitrogen and oxygen atoms in total. The molecule has 0 amide bonds. The average molecular weight is 329 g/mol. The van der Waals surface area contributed by atoms with E-state index in [1.54, 1.807) is 0 Å². The first-order valence-corrected chi connectivity index (χ1v) is 8.38. The van der Waals surface area contributed by atoms with E-state index in [1.165, 1.54) is 11.3 Å². The maximum absolute atomic E-state index is 12.6. The molecule has 2 aromatic rings. The number of allylic oxidation sites excluding steroid dienone is 2. The molecule has 0 saturated heterocycles. The van der Waals surface area contributed by atoms with Crippen LogP contribution in [0.25, 0.3) is 0 Å². The Balaban J connectivity index is 2.05. The van der Waals surface area contributed by atoms with E-state index in [9.17, 15) is 14.4 Å². The first kappa shape index (κ1) is 14.2. The molecule has 0 spiro atoms. The Labute approximate surface area is 135 Å². The zero-order valence-electron chi connectivity index (χ0n) is 12.5. The van der Waals surface area contributed by atoms with Crippen molar-refractivity contribution in [1.82, 2.24) is 9.97 Å². The molecular weight excluding hydrogens is 314 g/mol. The Hall–Kier alpha value is -2.41. The normalized spacial score (nSPS) is 20.0. The molecule has 2 aliphatic rings. The van der Waals surface area contributed by atoms with Crippen LogP contribution in [0.1, 0.15) is 41.2 Å². The van der Waals surface area contributed by atoms with Gasteiger partial charge >= 0.3 is 5.69 Å². The minimum Gasteiger partial charge on any atom is -0.344 e. The number of hydrogen-bond acceptors (Lipinski definition) is 5. The van der Waals surface area contributed by atoms with E-state index in [0.29, 0.717) is 23.4 Å². The van der Waals surface area contributed by atoms with Crippen molar-refractivity contribution in [3.8, 4) is 0 Å². The van der Waals surface area contributed by atoms with Crippen molar-refractivity contribution in [3.63, 3.8) is 0 Å². The summed E-state index contributed by atoms with van der Waals surface area (Å²) in [6, 6.07) is 1.98. The topological polar surface area (TPSA) is 94.8 Å². The van der Waals surface area contributed by atoms with Crippen LogP contribution in [0.3, 0.4) is 0 Å². The Morgan fingerprint density at radius 2 is 2.00 bits per heavy atom. The highest BCUT2D eigenvalue weighted by atomic mass is 32.1. The number of hydrogen-bond donors (Lipinski definition) is 3. The minimum atomic E-state index is -0.547. The van der Waals surface area contributed by atoms with Crippen LogP contribution in [-0.2, 0) is 4.79 Å². The summed E-state index contributed by atoms with van der Waals surface area (Å²) in [6.07, 6.45) is 2.03. The largest absolute Gasteiger partial charge is 0.344 e. The molecule has 0 aromatic carbocycles. The summed E-state index contributed by atoms with van der Waals surface area (Å²) >= 11 is 1.53. The number of nitrogens with one attached hydrogen (secondary N) is 3. The SMILES string of the molecule is Cc1ccsc1C1C2=C(CCCC2=O)Nc2[nH]c(=O)[nH]c(=O)c21. The van der Waals surface area contributed by atoms with Gasteiger partial charge in [-0.1, -0.05) is 0 Å². The molecule has 0 bridgehead atoms. The van der Waals surface area contributed by atoms with Crippen LogP contribution < -0.4 is 16.6 Å². The smallest absolute Gasteiger partial charge is 0.327 e. The number of H-pyrrole nitrogens is 2. The van der Waals surface area contributed by atoms with Gasteiger partial charge < -0.3 is 5.32 Å². The van der Waals surface area contributed by atoms with E-state index >= 15 is 0 Å². The van der Waals surface area contributed by atoms with Crippen LogP contribution in [0.15, 0.2) is 32.3 Å². The molecule has 7 heteroatoms. The van der Waals surface area contributed by atoms with Crippen LogP contribution in [-0.4, -0.2) is 15.8 Å². The number of aromatic nitrogens is 2. The molecule has 1 aliphatic heterocycles. The maximum Gasteiger partial charge on any atom is 0.327 e. The highest BCUT2D eigenvalue weighted by molar-refractivity contribution is 7.10. The van der Waals surface area contributed by atoms with E-state index < -0.39 is 17.2 Å². The number of anilines is 1. The first-order chi connectivity index (χ1) is 11.1. The molecule has 23 heavy (non-hydrogen) atoms. The molecule has 1 unspecified atom stereocenters. The first-order valence-electron chi connectivity index (χ1n) is 7.50. The van der Waals surface area contributed by atoms with Gasteiger partial charge in [-0.15, -0.1) is 11.3 Å². The van der Waals surface area contributed by atoms with Gasteiger partial charge in [0.15, 0.2) is 5.78 Å². The second-order valence-corrected chi connectivity index (χ2v) is 6.84. The molecule has 0 fully saturated rings. The van der Waals surface area contributed by atoms with Crippen molar-refractivity contribution in [2.45, 2.75) is 32.1 Å². The second kappa shape index (κ2) is 5.06. The van der Waals surface area contributed by atoms with Crippen molar-refractivity contribution in [3.05, 3.63) is 59.6 Å². The zero-order chi connectivity index (χ0) is 16.1. The lowest BCUT2D eigenvalue weighted by Crippen LogP contribution is -2.35.